The van der Waals surface area contributed by atoms with E-state index < -0.39 is 0 Å². The Kier molecular flexibility index (Phi) is 5.00. The lowest BCUT2D eigenvalue weighted by molar-refractivity contribution is 0.0727. The van der Waals surface area contributed by atoms with Crippen LogP contribution in [0.2, 0.25) is 5.02 Å². The SMILES string of the molecule is CC[C@@H](c1cccnc1)N(C)C(=O)c1cc(C)nc2c(Cl)cccc12. The predicted molar refractivity (Wildman–Crippen MR) is 101 cm³/mol. The van der Waals surface area contributed by atoms with E-state index in [9.17, 15) is 4.79 Å². The Morgan fingerprint density at radius 2 is 2.08 bits per heavy atom. The molecule has 0 N–H and O–H groups in total. The molecule has 0 fully saturated rings. The van der Waals surface area contributed by atoms with Crippen LogP contribution in [0.4, 0.5) is 0 Å². The summed E-state index contributed by atoms with van der Waals surface area (Å²) in [5.41, 5.74) is 3.07. The highest BCUT2D eigenvalue weighted by Gasteiger charge is 2.23. The van der Waals surface area contributed by atoms with Gasteiger partial charge in [0, 0.05) is 30.5 Å². The number of benzene rings is 1. The van der Waals surface area contributed by atoms with Crippen molar-refractivity contribution in [2.75, 3.05) is 7.05 Å². The number of pyridine rings is 2. The molecule has 0 spiro atoms. The smallest absolute Gasteiger partial charge is 0.254 e. The van der Waals surface area contributed by atoms with Crippen molar-refractivity contribution in [2.45, 2.75) is 26.3 Å². The number of rotatable bonds is 4. The van der Waals surface area contributed by atoms with E-state index in [1.807, 2.05) is 50.5 Å². The van der Waals surface area contributed by atoms with Gasteiger partial charge in [-0.25, -0.2) is 0 Å². The van der Waals surface area contributed by atoms with Gasteiger partial charge in [0.25, 0.3) is 5.91 Å². The summed E-state index contributed by atoms with van der Waals surface area (Å²) in [7, 11) is 1.83. The molecule has 0 bridgehead atoms. The minimum atomic E-state index is -0.0477. The van der Waals surface area contributed by atoms with Crippen LogP contribution in [0.5, 0.6) is 0 Å². The fraction of sp³-hybridized carbons (Fsp3) is 0.250. The summed E-state index contributed by atoms with van der Waals surface area (Å²) < 4.78 is 0. The van der Waals surface area contributed by atoms with Gasteiger partial charge in [0.1, 0.15) is 0 Å². The molecule has 25 heavy (non-hydrogen) atoms. The highest BCUT2D eigenvalue weighted by atomic mass is 35.5. The summed E-state index contributed by atoms with van der Waals surface area (Å²) in [6.07, 6.45) is 4.35. The Balaban J connectivity index is 2.06. The van der Waals surface area contributed by atoms with Crippen LogP contribution in [0.25, 0.3) is 10.9 Å². The minimum Gasteiger partial charge on any atom is -0.335 e. The van der Waals surface area contributed by atoms with E-state index in [0.717, 1.165) is 23.1 Å². The average molecular weight is 354 g/mol. The second-order valence-corrected chi connectivity index (χ2v) is 6.48. The Labute approximate surface area is 152 Å². The average Bonchev–Trinajstić information content (AvgIpc) is 2.63. The van der Waals surface area contributed by atoms with Gasteiger partial charge in [0.15, 0.2) is 0 Å². The van der Waals surface area contributed by atoms with Crippen molar-refractivity contribution in [3.8, 4) is 0 Å². The zero-order valence-electron chi connectivity index (χ0n) is 14.5. The first-order chi connectivity index (χ1) is 12.0. The largest absolute Gasteiger partial charge is 0.335 e. The zero-order chi connectivity index (χ0) is 18.0. The minimum absolute atomic E-state index is 0.0381. The van der Waals surface area contributed by atoms with Gasteiger partial charge >= 0.3 is 0 Å². The second-order valence-electron chi connectivity index (χ2n) is 6.07. The van der Waals surface area contributed by atoms with Gasteiger partial charge in [0.05, 0.1) is 22.1 Å². The molecule has 5 heteroatoms. The van der Waals surface area contributed by atoms with E-state index in [-0.39, 0.29) is 11.9 Å². The van der Waals surface area contributed by atoms with E-state index in [1.54, 1.807) is 17.2 Å². The first kappa shape index (κ1) is 17.4. The van der Waals surface area contributed by atoms with Gasteiger partial charge in [-0.2, -0.15) is 0 Å². The van der Waals surface area contributed by atoms with E-state index in [1.165, 1.54) is 0 Å². The lowest BCUT2D eigenvalue weighted by Crippen LogP contribution is -2.31. The molecule has 3 rings (SSSR count). The van der Waals surface area contributed by atoms with Crippen LogP contribution >= 0.6 is 11.6 Å². The number of aryl methyl sites for hydroxylation is 1. The summed E-state index contributed by atoms with van der Waals surface area (Å²) in [6.45, 7) is 3.94. The zero-order valence-corrected chi connectivity index (χ0v) is 15.3. The highest BCUT2D eigenvalue weighted by Crippen LogP contribution is 2.29. The van der Waals surface area contributed by atoms with Crippen molar-refractivity contribution in [2.24, 2.45) is 0 Å². The molecule has 0 aliphatic heterocycles. The second kappa shape index (κ2) is 7.19. The molecule has 0 saturated heterocycles. The van der Waals surface area contributed by atoms with Crippen molar-refractivity contribution in [3.05, 3.63) is 70.6 Å². The van der Waals surface area contributed by atoms with Crippen molar-refractivity contribution in [1.82, 2.24) is 14.9 Å². The Hall–Kier alpha value is -2.46. The van der Waals surface area contributed by atoms with E-state index >= 15 is 0 Å². The highest BCUT2D eigenvalue weighted by molar-refractivity contribution is 6.35. The summed E-state index contributed by atoms with van der Waals surface area (Å²) in [4.78, 5) is 23.7. The van der Waals surface area contributed by atoms with Crippen LogP contribution in [0.15, 0.2) is 48.8 Å². The van der Waals surface area contributed by atoms with Gasteiger partial charge in [-0.1, -0.05) is 36.7 Å². The number of fused-ring (bicyclic) bond motifs is 1. The number of hydrogen-bond donors (Lipinski definition) is 0. The lowest BCUT2D eigenvalue weighted by Gasteiger charge is -2.28. The number of hydrogen-bond acceptors (Lipinski definition) is 3. The van der Waals surface area contributed by atoms with E-state index in [0.29, 0.717) is 16.1 Å². The van der Waals surface area contributed by atoms with E-state index in [2.05, 4.69) is 16.9 Å². The molecule has 1 aromatic carbocycles. The van der Waals surface area contributed by atoms with Gasteiger partial charge in [0.2, 0.25) is 0 Å². The molecule has 128 valence electrons. The molecule has 1 amide bonds. The number of halogens is 1. The standard InChI is InChI=1S/C20H20ClN3O/c1-4-18(14-7-6-10-22-12-14)24(3)20(25)16-11-13(2)23-19-15(16)8-5-9-17(19)21/h5-12,18H,4H2,1-3H3/t18-/m0/s1. The molecule has 0 radical (unpaired) electrons. The molecule has 0 aliphatic rings. The van der Waals surface area contributed by atoms with Crippen molar-refractivity contribution < 1.29 is 4.79 Å². The predicted octanol–water partition coefficient (Wildman–Crippen LogP) is 4.81. The monoisotopic (exact) mass is 353 g/mol. The molecule has 0 unspecified atom stereocenters. The number of nitrogens with zero attached hydrogens (tertiary/aromatic N) is 3. The van der Waals surface area contributed by atoms with Crippen LogP contribution in [-0.2, 0) is 0 Å². The van der Waals surface area contributed by atoms with Crippen molar-refractivity contribution >= 4 is 28.4 Å². The summed E-state index contributed by atoms with van der Waals surface area (Å²) in [5.74, 6) is -0.0477. The first-order valence-electron chi connectivity index (χ1n) is 8.26. The van der Waals surface area contributed by atoms with Gasteiger partial charge in [-0.3, -0.25) is 14.8 Å². The first-order valence-corrected chi connectivity index (χ1v) is 8.63. The van der Waals surface area contributed by atoms with Gasteiger partial charge < -0.3 is 4.90 Å². The topological polar surface area (TPSA) is 46.1 Å². The van der Waals surface area contributed by atoms with Crippen LogP contribution in [0, 0.1) is 6.92 Å². The number of aromatic nitrogens is 2. The van der Waals surface area contributed by atoms with Gasteiger partial charge in [-0.15, -0.1) is 0 Å². The lowest BCUT2D eigenvalue weighted by atomic mass is 10.0. The molecule has 4 nitrogen and oxygen atoms in total. The Morgan fingerprint density at radius 3 is 2.76 bits per heavy atom. The van der Waals surface area contributed by atoms with E-state index in [4.69, 9.17) is 11.6 Å². The molecular weight excluding hydrogens is 334 g/mol. The fourth-order valence-corrected chi connectivity index (χ4v) is 3.37. The Bertz CT molecular complexity index is 911. The van der Waals surface area contributed by atoms with Crippen LogP contribution in [0.1, 0.15) is 41.0 Å². The molecule has 2 aromatic heterocycles. The van der Waals surface area contributed by atoms with Crippen LogP contribution in [0.3, 0.4) is 0 Å². The third-order valence-electron chi connectivity index (χ3n) is 4.39. The van der Waals surface area contributed by atoms with Crippen molar-refractivity contribution in [3.63, 3.8) is 0 Å². The third kappa shape index (κ3) is 3.35. The van der Waals surface area contributed by atoms with Crippen LogP contribution in [-0.4, -0.2) is 27.8 Å². The molecule has 0 aliphatic carbocycles. The van der Waals surface area contributed by atoms with Gasteiger partial charge in [-0.05, 0) is 37.1 Å². The van der Waals surface area contributed by atoms with Crippen molar-refractivity contribution in [1.29, 1.82) is 0 Å². The fourth-order valence-electron chi connectivity index (χ4n) is 3.16. The van der Waals surface area contributed by atoms with Crippen LogP contribution < -0.4 is 0 Å². The normalized spacial score (nSPS) is 12.2. The molecule has 0 saturated carbocycles. The maximum atomic E-state index is 13.2. The molecular formula is C20H20ClN3O. The summed E-state index contributed by atoms with van der Waals surface area (Å²) in [5, 5.41) is 1.33. The number of carbonyl (C=O) groups excluding carboxylic acids is 1. The molecule has 3 aromatic rings. The number of para-hydroxylation sites is 1. The quantitative estimate of drug-likeness (QED) is 0.675. The number of amides is 1. The summed E-state index contributed by atoms with van der Waals surface area (Å²) in [6, 6.07) is 11.2. The summed E-state index contributed by atoms with van der Waals surface area (Å²) >= 11 is 6.28. The molecule has 2 heterocycles. The maximum Gasteiger partial charge on any atom is 0.254 e. The number of carbonyl (C=O) groups is 1. The molecule has 1 atom stereocenters. The maximum absolute atomic E-state index is 13.2. The third-order valence-corrected chi connectivity index (χ3v) is 4.70. The Morgan fingerprint density at radius 1 is 1.28 bits per heavy atom.